The maximum atomic E-state index is 11.4. The summed E-state index contributed by atoms with van der Waals surface area (Å²) in [4.78, 5) is -1.30. The minimum absolute atomic E-state index is 0.0726. The number of aromatic amines is 1. The highest BCUT2D eigenvalue weighted by molar-refractivity contribution is 7.86. The predicted octanol–water partition coefficient (Wildman–Crippen LogP) is 0.605. The molecule has 0 saturated heterocycles. The zero-order valence-corrected chi connectivity index (χ0v) is 11.7. The van der Waals surface area contributed by atoms with Gasteiger partial charge in [0.25, 0.3) is 20.2 Å². The molecule has 1 aromatic heterocycles. The minimum Gasteiger partial charge on any atom is -0.282 e. The number of nitrogens with one attached hydrogen (secondary N) is 1. The van der Waals surface area contributed by atoms with E-state index in [-0.39, 0.29) is 16.3 Å². The first-order valence-corrected chi connectivity index (χ1v) is 8.28. The second-order valence-electron chi connectivity index (χ2n) is 4.24. The fourth-order valence-corrected chi connectivity index (χ4v) is 3.40. The van der Waals surface area contributed by atoms with Gasteiger partial charge < -0.3 is 0 Å². The number of fused-ring (bicyclic) bond motifs is 3. The summed E-state index contributed by atoms with van der Waals surface area (Å²) in [6.07, 6.45) is 0. The first-order valence-electron chi connectivity index (χ1n) is 5.40. The van der Waals surface area contributed by atoms with E-state index in [0.717, 1.165) is 6.07 Å². The van der Waals surface area contributed by atoms with Gasteiger partial charge in [-0.3, -0.25) is 14.2 Å². The van der Waals surface area contributed by atoms with Crippen molar-refractivity contribution in [3.05, 3.63) is 24.3 Å². The van der Waals surface area contributed by atoms with Crippen LogP contribution >= 0.6 is 0 Å². The monoisotopic (exact) mass is 329 g/mol. The van der Waals surface area contributed by atoms with E-state index in [1.165, 1.54) is 12.1 Å². The summed E-state index contributed by atoms with van der Waals surface area (Å²) in [5, 5.41) is 9.98. The molecule has 0 amide bonds. The molecule has 2 aromatic carbocycles. The molecule has 21 heavy (non-hydrogen) atoms. The molecule has 0 aliphatic carbocycles. The number of hydrogen-bond donors (Lipinski definition) is 3. The molecule has 0 saturated carbocycles. The Bertz CT molecular complexity index is 1080. The molecule has 0 unspecified atom stereocenters. The van der Waals surface area contributed by atoms with Crippen LogP contribution in [0.15, 0.2) is 34.1 Å². The third-order valence-electron chi connectivity index (χ3n) is 2.94. The molecule has 3 rings (SSSR count). The van der Waals surface area contributed by atoms with E-state index in [0.29, 0.717) is 11.6 Å². The van der Waals surface area contributed by atoms with Crippen molar-refractivity contribution in [1.82, 2.24) is 15.4 Å². The molecule has 0 spiro atoms. The van der Waals surface area contributed by atoms with Crippen molar-refractivity contribution in [2.24, 2.45) is 0 Å². The van der Waals surface area contributed by atoms with Crippen molar-refractivity contribution in [2.45, 2.75) is 9.79 Å². The maximum absolute atomic E-state index is 11.4. The topological polar surface area (TPSA) is 150 Å². The van der Waals surface area contributed by atoms with E-state index in [2.05, 4.69) is 15.4 Å². The second-order valence-corrected chi connectivity index (χ2v) is 7.05. The molecular formula is C10H7N3O6S2. The van der Waals surface area contributed by atoms with E-state index >= 15 is 0 Å². The molecule has 0 fully saturated rings. The van der Waals surface area contributed by atoms with Gasteiger partial charge in [0.05, 0.1) is 10.4 Å². The Kier molecular flexibility index (Phi) is 2.78. The Morgan fingerprint density at radius 3 is 2.29 bits per heavy atom. The molecule has 1 heterocycles. The molecule has 3 N–H and O–H groups in total. The molecular weight excluding hydrogens is 322 g/mol. The number of rotatable bonds is 2. The van der Waals surface area contributed by atoms with E-state index in [1.54, 1.807) is 0 Å². The predicted molar refractivity (Wildman–Crippen MR) is 71.0 cm³/mol. The maximum Gasteiger partial charge on any atom is 0.295 e. The van der Waals surface area contributed by atoms with E-state index < -0.39 is 30.0 Å². The molecule has 0 aliphatic rings. The van der Waals surface area contributed by atoms with Gasteiger partial charge in [0.15, 0.2) is 0 Å². The van der Waals surface area contributed by atoms with Gasteiger partial charge in [-0.15, -0.1) is 5.10 Å². The van der Waals surface area contributed by atoms with Gasteiger partial charge in [0.2, 0.25) is 0 Å². The highest BCUT2D eigenvalue weighted by Gasteiger charge is 2.21. The molecule has 0 bridgehead atoms. The van der Waals surface area contributed by atoms with Crippen molar-refractivity contribution in [2.75, 3.05) is 0 Å². The van der Waals surface area contributed by atoms with E-state index in [4.69, 9.17) is 4.55 Å². The van der Waals surface area contributed by atoms with Gasteiger partial charge in [-0.1, -0.05) is 11.3 Å². The number of aromatic nitrogens is 3. The van der Waals surface area contributed by atoms with Crippen LogP contribution in [0.1, 0.15) is 0 Å². The second kappa shape index (κ2) is 4.21. The Balaban J connectivity index is 2.62. The summed E-state index contributed by atoms with van der Waals surface area (Å²) in [5.74, 6) is 0. The largest absolute Gasteiger partial charge is 0.295 e. The van der Waals surface area contributed by atoms with Crippen LogP contribution in [0.5, 0.6) is 0 Å². The number of nitrogens with zero attached hydrogens (tertiary/aromatic N) is 2. The minimum atomic E-state index is -4.69. The van der Waals surface area contributed by atoms with Gasteiger partial charge >= 0.3 is 0 Å². The summed E-state index contributed by atoms with van der Waals surface area (Å²) >= 11 is 0. The van der Waals surface area contributed by atoms with Gasteiger partial charge in [0.1, 0.15) is 10.4 Å². The van der Waals surface area contributed by atoms with Crippen molar-refractivity contribution in [3.63, 3.8) is 0 Å². The molecule has 0 radical (unpaired) electrons. The van der Waals surface area contributed by atoms with Crippen molar-refractivity contribution in [1.29, 1.82) is 0 Å². The Labute approximate surface area is 118 Å². The highest BCUT2D eigenvalue weighted by Crippen LogP contribution is 2.31. The smallest absolute Gasteiger partial charge is 0.282 e. The highest BCUT2D eigenvalue weighted by atomic mass is 32.2. The van der Waals surface area contributed by atoms with Crippen LogP contribution in [0.2, 0.25) is 0 Å². The van der Waals surface area contributed by atoms with Crippen LogP contribution in [-0.4, -0.2) is 41.4 Å². The van der Waals surface area contributed by atoms with Crippen molar-refractivity contribution >= 4 is 42.0 Å². The van der Waals surface area contributed by atoms with Crippen LogP contribution in [0, 0.1) is 0 Å². The third kappa shape index (κ3) is 2.25. The summed E-state index contributed by atoms with van der Waals surface area (Å²) in [7, 11) is -9.35. The normalized spacial score (nSPS) is 13.0. The Morgan fingerprint density at radius 1 is 0.952 bits per heavy atom. The lowest BCUT2D eigenvalue weighted by atomic mass is 10.1. The van der Waals surface area contributed by atoms with Crippen LogP contribution in [0.25, 0.3) is 21.8 Å². The standard InChI is InChI=1S/C10H7N3O6S2/c14-20(15,16)5-3-7-6(9(4-5)21(17,18)19)1-2-8-10(7)12-13-11-8/h1-4H,(H,11,12,13)(H,14,15,16)(H,17,18,19). The molecule has 0 aliphatic heterocycles. The van der Waals surface area contributed by atoms with Crippen LogP contribution in [-0.2, 0) is 20.2 Å². The van der Waals surface area contributed by atoms with Crippen LogP contribution in [0.3, 0.4) is 0 Å². The average molecular weight is 329 g/mol. The van der Waals surface area contributed by atoms with Gasteiger partial charge in [-0.25, -0.2) is 0 Å². The summed E-state index contributed by atoms with van der Waals surface area (Å²) in [6, 6.07) is 4.57. The Hall–Kier alpha value is -2.08. The zero-order valence-electron chi connectivity index (χ0n) is 10.0. The van der Waals surface area contributed by atoms with Crippen LogP contribution < -0.4 is 0 Å². The zero-order chi connectivity index (χ0) is 15.4. The lowest BCUT2D eigenvalue weighted by Crippen LogP contribution is -2.04. The summed E-state index contributed by atoms with van der Waals surface area (Å²) in [6.45, 7) is 0. The average Bonchev–Trinajstić information content (AvgIpc) is 2.83. The van der Waals surface area contributed by atoms with Crippen LogP contribution in [0.4, 0.5) is 0 Å². The number of benzene rings is 2. The number of H-pyrrole nitrogens is 1. The summed E-state index contributed by atoms with van der Waals surface area (Å²) in [5.41, 5.74) is 0.652. The molecule has 11 heteroatoms. The SMILES string of the molecule is O=S(=O)(O)c1cc(S(=O)(=O)O)c2ccc3nn[nH]c3c2c1. The summed E-state index contributed by atoms with van der Waals surface area (Å²) < 4.78 is 63.8. The van der Waals surface area contributed by atoms with Gasteiger partial charge in [0, 0.05) is 10.8 Å². The third-order valence-corrected chi connectivity index (χ3v) is 4.67. The fourth-order valence-electron chi connectivity index (χ4n) is 2.06. The van der Waals surface area contributed by atoms with Crippen molar-refractivity contribution in [3.8, 4) is 0 Å². The van der Waals surface area contributed by atoms with Gasteiger partial charge in [-0.05, 0) is 18.2 Å². The molecule has 9 nitrogen and oxygen atoms in total. The van der Waals surface area contributed by atoms with Gasteiger partial charge in [-0.2, -0.15) is 16.8 Å². The number of hydrogen-bond acceptors (Lipinski definition) is 6. The van der Waals surface area contributed by atoms with E-state index in [1.807, 2.05) is 0 Å². The first-order chi connectivity index (χ1) is 9.68. The lowest BCUT2D eigenvalue weighted by molar-refractivity contribution is 0.482. The quantitative estimate of drug-likeness (QED) is 0.578. The molecule has 0 atom stereocenters. The lowest BCUT2D eigenvalue weighted by Gasteiger charge is -2.07. The fraction of sp³-hybridized carbons (Fsp3) is 0. The van der Waals surface area contributed by atoms with Crippen molar-refractivity contribution < 1.29 is 25.9 Å². The molecule has 3 aromatic rings. The van der Waals surface area contributed by atoms with E-state index in [9.17, 15) is 21.4 Å². The first kappa shape index (κ1) is 13.9. The Morgan fingerprint density at radius 2 is 1.67 bits per heavy atom. The molecule has 110 valence electrons.